The third kappa shape index (κ3) is 4.35. The zero-order valence-corrected chi connectivity index (χ0v) is 19.5. The molecule has 1 aromatic carbocycles. The largest absolute Gasteiger partial charge is 0.455 e. The summed E-state index contributed by atoms with van der Waals surface area (Å²) in [5, 5.41) is 9.86. The number of thiazole rings is 1. The van der Waals surface area contributed by atoms with Crippen LogP contribution in [0.2, 0.25) is 0 Å². The molecule has 15 heteroatoms. The number of nitrogen functional groups attached to an aromatic ring is 1. The molecular formula is C19H20N4O9S2. The maximum Gasteiger partial charge on any atom is 0.311 e. The lowest BCUT2D eigenvalue weighted by Gasteiger charge is -2.23. The quantitative estimate of drug-likeness (QED) is 0.288. The molecule has 0 saturated carbocycles. The summed E-state index contributed by atoms with van der Waals surface area (Å²) in [5.74, 6) is -1.10. The Morgan fingerprint density at radius 1 is 1.29 bits per heavy atom. The average molecular weight is 513 g/mol. The zero-order valence-electron chi connectivity index (χ0n) is 17.8. The minimum absolute atomic E-state index is 0.0680. The molecule has 0 unspecified atom stereocenters. The number of aliphatic hydroxyl groups is 1. The summed E-state index contributed by atoms with van der Waals surface area (Å²) in [4.78, 5) is 42.2. The van der Waals surface area contributed by atoms with Gasteiger partial charge in [-0.3, -0.25) is 28.1 Å². The molecule has 1 aliphatic rings. The first-order valence-electron chi connectivity index (χ1n) is 9.86. The lowest BCUT2D eigenvalue weighted by molar-refractivity contribution is -0.155. The van der Waals surface area contributed by atoms with E-state index in [1.54, 1.807) is 19.1 Å². The van der Waals surface area contributed by atoms with Crippen molar-refractivity contribution in [3.8, 4) is 0 Å². The molecule has 1 fully saturated rings. The summed E-state index contributed by atoms with van der Waals surface area (Å²) >= 11 is 0.547. The maximum absolute atomic E-state index is 12.9. The first-order chi connectivity index (χ1) is 16.0. The minimum Gasteiger partial charge on any atom is -0.455 e. The Balaban J connectivity index is 1.80. The van der Waals surface area contributed by atoms with E-state index in [9.17, 15) is 27.9 Å². The highest BCUT2D eigenvalue weighted by atomic mass is 32.2. The van der Waals surface area contributed by atoms with Gasteiger partial charge in [0.2, 0.25) is 5.95 Å². The summed E-state index contributed by atoms with van der Waals surface area (Å²) in [7, 11) is -4.39. The molecule has 182 valence electrons. The number of aromatic amines is 1. The summed E-state index contributed by atoms with van der Waals surface area (Å²) in [6.07, 6.45) is -5.79. The van der Waals surface area contributed by atoms with Crippen molar-refractivity contribution in [1.29, 1.82) is 0 Å². The summed E-state index contributed by atoms with van der Waals surface area (Å²) < 4.78 is 43.0. The Kier molecular flexibility index (Phi) is 6.30. The number of aryl methyl sites for hydroxylation is 1. The van der Waals surface area contributed by atoms with E-state index in [0.717, 1.165) is 17.1 Å². The molecule has 1 aliphatic heterocycles. The second kappa shape index (κ2) is 8.92. The van der Waals surface area contributed by atoms with E-state index in [1.165, 1.54) is 12.1 Å². The van der Waals surface area contributed by atoms with E-state index in [1.807, 2.05) is 0 Å². The van der Waals surface area contributed by atoms with Gasteiger partial charge in [0.15, 0.2) is 18.0 Å². The van der Waals surface area contributed by atoms with Crippen molar-refractivity contribution in [2.75, 3.05) is 12.3 Å². The van der Waals surface area contributed by atoms with Gasteiger partial charge in [-0.1, -0.05) is 29.0 Å². The van der Waals surface area contributed by atoms with Crippen LogP contribution < -0.4 is 16.2 Å². The van der Waals surface area contributed by atoms with Crippen molar-refractivity contribution in [3.05, 3.63) is 49.9 Å². The number of aliphatic hydroxyl groups excluding tert-OH is 1. The third-order valence-corrected chi connectivity index (χ3v) is 7.33. The van der Waals surface area contributed by atoms with Crippen LogP contribution in [0.1, 0.15) is 18.7 Å². The number of nitrogens with zero attached hydrogens (tertiary/aromatic N) is 2. The minimum atomic E-state index is -4.39. The average Bonchev–Trinajstić information content (AvgIpc) is 3.24. The van der Waals surface area contributed by atoms with Gasteiger partial charge in [0.1, 0.15) is 16.9 Å². The number of esters is 1. The number of carbonyl (C=O) groups is 1. The fourth-order valence-electron chi connectivity index (χ4n) is 3.57. The Bertz CT molecular complexity index is 1460. The standard InChI is InChI=1S/C19H20N4O9S2/c1-8-3-5-10(6-4-8)34(28,29)32-12-11(7-24)31-17(13(12)30-9(2)25)23-15-14(33-19(23)27)16(26)22-18(20)21-15/h3-6,11-13,17,24H,7H2,1-2H3,(H3,20,21,22,26)/t11-,12+,13-,17-/m1/s1. The number of anilines is 1. The van der Waals surface area contributed by atoms with Gasteiger partial charge in [0.05, 0.1) is 11.5 Å². The van der Waals surface area contributed by atoms with E-state index in [2.05, 4.69) is 9.97 Å². The first-order valence-corrected chi connectivity index (χ1v) is 12.1. The number of nitrogens with one attached hydrogen (secondary N) is 1. The third-order valence-electron chi connectivity index (χ3n) is 5.06. The van der Waals surface area contributed by atoms with Crippen LogP contribution in [0.4, 0.5) is 5.95 Å². The van der Waals surface area contributed by atoms with Gasteiger partial charge in [-0.15, -0.1) is 0 Å². The van der Waals surface area contributed by atoms with Crippen LogP contribution in [0.3, 0.4) is 0 Å². The topological polar surface area (TPSA) is 193 Å². The first kappa shape index (κ1) is 24.0. The highest BCUT2D eigenvalue weighted by molar-refractivity contribution is 7.86. The van der Waals surface area contributed by atoms with Gasteiger partial charge in [-0.05, 0) is 19.1 Å². The molecule has 1 saturated heterocycles. The van der Waals surface area contributed by atoms with Crippen molar-refractivity contribution in [2.45, 2.75) is 43.3 Å². The molecule has 0 bridgehead atoms. The number of fused-ring (bicyclic) bond motifs is 1. The molecule has 0 amide bonds. The van der Waals surface area contributed by atoms with E-state index in [4.69, 9.17) is 19.4 Å². The molecule has 3 heterocycles. The van der Waals surface area contributed by atoms with Crippen molar-refractivity contribution in [2.24, 2.45) is 0 Å². The van der Waals surface area contributed by atoms with Gasteiger partial charge in [-0.25, -0.2) is 0 Å². The Morgan fingerprint density at radius 3 is 2.59 bits per heavy atom. The highest BCUT2D eigenvalue weighted by Gasteiger charge is 2.51. The summed E-state index contributed by atoms with van der Waals surface area (Å²) in [6, 6.07) is 5.81. The molecule has 4 atom stereocenters. The van der Waals surface area contributed by atoms with E-state index in [0.29, 0.717) is 11.3 Å². The van der Waals surface area contributed by atoms with Crippen LogP contribution in [0.15, 0.2) is 38.8 Å². The Morgan fingerprint density at radius 2 is 1.97 bits per heavy atom. The van der Waals surface area contributed by atoms with Crippen molar-refractivity contribution < 1.29 is 32.0 Å². The second-order valence-electron chi connectivity index (χ2n) is 7.49. The molecule has 4 N–H and O–H groups in total. The zero-order chi connectivity index (χ0) is 24.8. The Hall–Kier alpha value is -3.11. The predicted molar refractivity (Wildman–Crippen MR) is 119 cm³/mol. The van der Waals surface area contributed by atoms with Crippen molar-refractivity contribution in [3.63, 3.8) is 0 Å². The molecule has 0 aliphatic carbocycles. The highest BCUT2D eigenvalue weighted by Crippen LogP contribution is 2.36. The van der Waals surface area contributed by atoms with E-state index >= 15 is 0 Å². The number of H-pyrrole nitrogens is 1. The van der Waals surface area contributed by atoms with Crippen LogP contribution in [0, 0.1) is 6.92 Å². The van der Waals surface area contributed by atoms with Gasteiger partial charge >= 0.3 is 10.8 Å². The number of aromatic nitrogens is 3. The molecule has 13 nitrogen and oxygen atoms in total. The number of rotatable bonds is 6. The normalized spacial score (nSPS) is 22.8. The molecule has 34 heavy (non-hydrogen) atoms. The number of benzene rings is 1. The predicted octanol–water partition coefficient (Wildman–Crippen LogP) is -0.368. The molecule has 0 radical (unpaired) electrons. The van der Waals surface area contributed by atoms with E-state index in [-0.39, 0.29) is 21.2 Å². The van der Waals surface area contributed by atoms with Crippen molar-refractivity contribution >= 4 is 43.7 Å². The summed E-state index contributed by atoms with van der Waals surface area (Å²) in [6.45, 7) is 2.12. The number of ether oxygens (including phenoxy) is 2. The van der Waals surface area contributed by atoms with Crippen molar-refractivity contribution in [1.82, 2.24) is 14.5 Å². The van der Waals surface area contributed by atoms with Crippen LogP contribution in [-0.2, 0) is 28.6 Å². The number of hydrogen-bond donors (Lipinski definition) is 3. The molecular weight excluding hydrogens is 492 g/mol. The number of carbonyl (C=O) groups excluding carboxylic acids is 1. The van der Waals surface area contributed by atoms with Gasteiger partial charge in [0.25, 0.3) is 15.7 Å². The van der Waals surface area contributed by atoms with Crippen LogP contribution in [0.5, 0.6) is 0 Å². The number of nitrogens with two attached hydrogens (primary N) is 1. The number of hydrogen-bond acceptors (Lipinski definition) is 12. The van der Waals surface area contributed by atoms with Gasteiger partial charge in [-0.2, -0.15) is 13.4 Å². The molecule has 4 rings (SSSR count). The molecule has 0 spiro atoms. The maximum atomic E-state index is 12.9. The Labute approximate surface area is 195 Å². The monoisotopic (exact) mass is 512 g/mol. The molecule has 3 aromatic rings. The molecule has 2 aromatic heterocycles. The van der Waals surface area contributed by atoms with Gasteiger partial charge in [0, 0.05) is 6.92 Å². The van der Waals surface area contributed by atoms with Crippen LogP contribution >= 0.6 is 11.3 Å². The lowest BCUT2D eigenvalue weighted by Crippen LogP contribution is -2.41. The fourth-order valence-corrected chi connectivity index (χ4v) is 5.52. The van der Waals surface area contributed by atoms with Crippen LogP contribution in [-0.4, -0.2) is 58.9 Å². The lowest BCUT2D eigenvalue weighted by atomic mass is 10.1. The summed E-state index contributed by atoms with van der Waals surface area (Å²) in [5.41, 5.74) is 5.60. The fraction of sp³-hybridized carbons (Fsp3) is 0.368. The van der Waals surface area contributed by atoms with Gasteiger partial charge < -0.3 is 20.3 Å². The van der Waals surface area contributed by atoms with Crippen LogP contribution in [0.25, 0.3) is 10.3 Å². The van der Waals surface area contributed by atoms with E-state index < -0.39 is 57.7 Å². The smallest absolute Gasteiger partial charge is 0.311 e. The SMILES string of the molecule is CC(=O)O[C@@H]1[C@@H](OS(=O)(=O)c2ccc(C)cc2)[C@@H](CO)O[C@H]1n1c(=O)sc2c(=O)[nH]c(N)nc21. The second-order valence-corrected chi connectivity index (χ2v) is 10.0.